The molecule has 5 rings (SSSR count). The number of hydrogen-bond donors (Lipinski definition) is 6. The molecular formula is C29H32FN3O7. The Hall–Kier alpha value is -3.64. The van der Waals surface area contributed by atoms with Gasteiger partial charge in [-0.1, -0.05) is 18.2 Å². The Morgan fingerprint density at radius 2 is 1.80 bits per heavy atom. The van der Waals surface area contributed by atoms with Crippen LogP contribution in [0.25, 0.3) is 0 Å². The molecule has 11 heteroatoms. The van der Waals surface area contributed by atoms with Crippen molar-refractivity contribution in [2.24, 2.45) is 23.5 Å². The molecule has 0 saturated heterocycles. The molecule has 2 aromatic carbocycles. The maximum atomic E-state index is 13.8. The number of primary amides is 1. The molecule has 1 fully saturated rings. The van der Waals surface area contributed by atoms with Gasteiger partial charge >= 0.3 is 0 Å². The first-order valence-corrected chi connectivity index (χ1v) is 13.1. The van der Waals surface area contributed by atoms with Crippen LogP contribution >= 0.6 is 0 Å². The van der Waals surface area contributed by atoms with Crippen LogP contribution in [0.2, 0.25) is 0 Å². The lowest BCUT2D eigenvalue weighted by Gasteiger charge is -2.53. The minimum Gasteiger partial charge on any atom is -0.508 e. The molecule has 0 heterocycles. The van der Waals surface area contributed by atoms with Crippen LogP contribution in [0, 0.1) is 23.6 Å². The number of hydrogen-bond acceptors (Lipinski definition) is 9. The molecule has 0 aromatic heterocycles. The number of aliphatic hydroxyl groups excluding tert-OH is 2. The molecule has 212 valence electrons. The normalized spacial score (nSPS) is 29.7. The monoisotopic (exact) mass is 553 g/mol. The SMILES string of the molecule is CN(C)C1C(O)C(C(N)=O)C(=O)[C@@]2(O)C(O)=C3C(=O)c4c(O)ccc(CNCc5ccc(F)cc5)c4C[C@H]3C[C@@H]12. The van der Waals surface area contributed by atoms with Gasteiger partial charge in [-0.15, -0.1) is 0 Å². The summed E-state index contributed by atoms with van der Waals surface area (Å²) < 4.78 is 13.2. The van der Waals surface area contributed by atoms with E-state index in [0.29, 0.717) is 18.7 Å². The predicted octanol–water partition coefficient (Wildman–Crippen LogP) is 0.715. The first-order valence-electron chi connectivity index (χ1n) is 13.1. The lowest BCUT2D eigenvalue weighted by atomic mass is 9.56. The second-order valence-electron chi connectivity index (χ2n) is 11.1. The van der Waals surface area contributed by atoms with Crippen LogP contribution in [0.15, 0.2) is 47.7 Å². The van der Waals surface area contributed by atoms with Gasteiger partial charge in [0.25, 0.3) is 0 Å². The maximum Gasteiger partial charge on any atom is 0.230 e. The number of rotatable bonds is 6. The van der Waals surface area contributed by atoms with E-state index in [1.807, 2.05) is 0 Å². The Bertz CT molecular complexity index is 1420. The minimum atomic E-state index is -2.61. The molecule has 1 amide bonds. The highest BCUT2D eigenvalue weighted by Crippen LogP contribution is 2.52. The summed E-state index contributed by atoms with van der Waals surface area (Å²) in [4.78, 5) is 40.9. The van der Waals surface area contributed by atoms with E-state index in [0.717, 1.165) is 11.1 Å². The number of fused-ring (bicyclic) bond motifs is 3. The Morgan fingerprint density at radius 3 is 2.42 bits per heavy atom. The van der Waals surface area contributed by atoms with E-state index < -0.39 is 58.7 Å². The third-order valence-electron chi connectivity index (χ3n) is 8.63. The number of aliphatic hydroxyl groups is 3. The van der Waals surface area contributed by atoms with Crippen LogP contribution in [0.3, 0.4) is 0 Å². The Kier molecular flexibility index (Phi) is 7.03. The zero-order valence-electron chi connectivity index (χ0n) is 22.1. The van der Waals surface area contributed by atoms with Gasteiger partial charge < -0.3 is 36.4 Å². The van der Waals surface area contributed by atoms with Gasteiger partial charge in [-0.05, 0) is 67.7 Å². The number of carbonyl (C=O) groups excluding carboxylic acids is 3. The summed E-state index contributed by atoms with van der Waals surface area (Å²) in [5.41, 5.74) is 4.74. The molecule has 7 N–H and O–H groups in total. The van der Waals surface area contributed by atoms with Gasteiger partial charge in [-0.2, -0.15) is 0 Å². The number of aromatic hydroxyl groups is 1. The number of phenols is 1. The fourth-order valence-corrected chi connectivity index (χ4v) is 6.78. The number of nitrogens with two attached hydrogens (primary N) is 1. The Balaban J connectivity index is 1.53. The van der Waals surface area contributed by atoms with E-state index in [9.17, 15) is 39.2 Å². The molecule has 6 atom stereocenters. The van der Waals surface area contributed by atoms with Gasteiger partial charge in [0.1, 0.15) is 23.2 Å². The van der Waals surface area contributed by atoms with Crippen molar-refractivity contribution in [3.63, 3.8) is 0 Å². The van der Waals surface area contributed by atoms with E-state index in [2.05, 4.69) is 5.32 Å². The molecular weight excluding hydrogens is 521 g/mol. The summed E-state index contributed by atoms with van der Waals surface area (Å²) in [6.07, 6.45) is -1.25. The minimum absolute atomic E-state index is 0.0279. The summed E-state index contributed by atoms with van der Waals surface area (Å²) in [7, 11) is 3.23. The molecule has 2 aromatic rings. The number of amides is 1. The highest BCUT2D eigenvalue weighted by Gasteiger charge is 2.66. The number of phenolic OH excluding ortho intramolecular Hbond substituents is 1. The number of likely N-dealkylation sites (N-methyl/N-ethyl adjacent to an activating group) is 1. The molecule has 3 unspecified atom stereocenters. The van der Waals surface area contributed by atoms with Crippen molar-refractivity contribution in [3.05, 3.63) is 75.8 Å². The largest absolute Gasteiger partial charge is 0.508 e. The quantitative estimate of drug-likeness (QED) is 0.282. The standard InChI is InChI=1S/C29H32FN3O7/c1-33(2)23-18-10-15-9-17-14(12-32-11-13-3-6-16(30)7-4-13)5-8-19(34)21(17)24(35)20(15)26(37)29(18,40)27(38)22(25(23)36)28(31)39/h3-8,15,18,22-23,25,32,34,36-37,40H,9-12H2,1-2H3,(H2,31,39)/t15-,18-,22?,23?,25?,29-/m0/s1. The molecule has 0 bridgehead atoms. The molecule has 40 heavy (non-hydrogen) atoms. The van der Waals surface area contributed by atoms with Gasteiger partial charge in [-0.3, -0.25) is 14.4 Å². The number of nitrogens with zero attached hydrogens (tertiary/aromatic N) is 1. The molecule has 0 spiro atoms. The second-order valence-corrected chi connectivity index (χ2v) is 11.1. The van der Waals surface area contributed by atoms with E-state index in [1.54, 1.807) is 37.2 Å². The second kappa shape index (κ2) is 10.1. The molecule has 1 saturated carbocycles. The summed E-state index contributed by atoms with van der Waals surface area (Å²) >= 11 is 0. The topological polar surface area (TPSA) is 173 Å². The van der Waals surface area contributed by atoms with Crippen molar-refractivity contribution in [3.8, 4) is 5.75 Å². The molecule has 0 radical (unpaired) electrons. The van der Waals surface area contributed by atoms with Crippen LogP contribution in [0.1, 0.15) is 33.5 Å². The molecule has 3 aliphatic carbocycles. The van der Waals surface area contributed by atoms with E-state index in [4.69, 9.17) is 5.73 Å². The number of halogens is 1. The molecule has 10 nitrogen and oxygen atoms in total. The van der Waals surface area contributed by atoms with Gasteiger partial charge in [0.05, 0.1) is 11.7 Å². The average molecular weight is 554 g/mol. The highest BCUT2D eigenvalue weighted by atomic mass is 19.1. The lowest BCUT2D eigenvalue weighted by Crippen LogP contribution is -2.71. The summed E-state index contributed by atoms with van der Waals surface area (Å²) in [6.45, 7) is 0.760. The van der Waals surface area contributed by atoms with Gasteiger partial charge in [-0.25, -0.2) is 4.39 Å². The fourth-order valence-electron chi connectivity index (χ4n) is 6.78. The van der Waals surface area contributed by atoms with Crippen LogP contribution < -0.4 is 11.1 Å². The van der Waals surface area contributed by atoms with Gasteiger partial charge in [0, 0.05) is 30.6 Å². The third-order valence-corrected chi connectivity index (χ3v) is 8.63. The van der Waals surface area contributed by atoms with Crippen molar-refractivity contribution in [2.75, 3.05) is 14.1 Å². The van der Waals surface area contributed by atoms with E-state index in [1.165, 1.54) is 18.2 Å². The smallest absolute Gasteiger partial charge is 0.230 e. The van der Waals surface area contributed by atoms with Crippen LogP contribution in [0.4, 0.5) is 4.39 Å². The number of ketones is 2. The van der Waals surface area contributed by atoms with Crippen LogP contribution in [0.5, 0.6) is 5.75 Å². The summed E-state index contributed by atoms with van der Waals surface area (Å²) in [6, 6.07) is 8.18. The predicted molar refractivity (Wildman–Crippen MR) is 140 cm³/mol. The van der Waals surface area contributed by atoms with Crippen LogP contribution in [-0.4, -0.2) is 74.6 Å². The van der Waals surface area contributed by atoms with Gasteiger partial charge in [0.2, 0.25) is 5.91 Å². The Labute approximate surface area is 229 Å². The Morgan fingerprint density at radius 1 is 1.12 bits per heavy atom. The number of Topliss-reactive ketones (excluding diaryl/α,β-unsaturated/α-hetero) is 2. The first-order chi connectivity index (χ1) is 18.9. The van der Waals surface area contributed by atoms with Crippen molar-refractivity contribution in [2.45, 2.75) is 43.7 Å². The van der Waals surface area contributed by atoms with Gasteiger partial charge in [0.15, 0.2) is 17.2 Å². The van der Waals surface area contributed by atoms with Crippen molar-refractivity contribution >= 4 is 17.5 Å². The van der Waals surface area contributed by atoms with Crippen LogP contribution in [-0.2, 0) is 29.1 Å². The fraction of sp³-hybridized carbons (Fsp3) is 0.414. The number of carbonyl (C=O) groups is 3. The number of allylic oxidation sites excluding steroid dienone is 1. The molecule has 0 aliphatic heterocycles. The zero-order chi connectivity index (χ0) is 29.1. The first kappa shape index (κ1) is 27.9. The average Bonchev–Trinajstić information content (AvgIpc) is 2.88. The lowest BCUT2D eigenvalue weighted by molar-refractivity contribution is -0.178. The van der Waals surface area contributed by atoms with Crippen molar-refractivity contribution < 1.29 is 39.2 Å². The molecule has 3 aliphatic rings. The van der Waals surface area contributed by atoms with Crippen molar-refractivity contribution in [1.29, 1.82) is 0 Å². The number of benzene rings is 2. The van der Waals surface area contributed by atoms with E-state index >= 15 is 0 Å². The van der Waals surface area contributed by atoms with E-state index in [-0.39, 0.29) is 35.5 Å². The highest BCUT2D eigenvalue weighted by molar-refractivity contribution is 6.15. The zero-order valence-corrected chi connectivity index (χ0v) is 22.1. The summed E-state index contributed by atoms with van der Waals surface area (Å²) in [5.74, 6) is -7.98. The summed E-state index contributed by atoms with van der Waals surface area (Å²) in [5, 5.41) is 48.0. The maximum absolute atomic E-state index is 13.8. The number of nitrogens with one attached hydrogen (secondary N) is 1. The third kappa shape index (κ3) is 4.21. The van der Waals surface area contributed by atoms with Crippen molar-refractivity contribution in [1.82, 2.24) is 10.2 Å².